The highest BCUT2D eigenvalue weighted by atomic mass is 127. The summed E-state index contributed by atoms with van der Waals surface area (Å²) in [6, 6.07) is 1.86. The van der Waals surface area contributed by atoms with E-state index in [1.54, 1.807) is 45.2 Å². The minimum Gasteiger partial charge on any atom is -0.473 e. The van der Waals surface area contributed by atoms with Gasteiger partial charge in [0.05, 0.1) is 13.4 Å². The predicted molar refractivity (Wildman–Crippen MR) is 89.7 cm³/mol. The van der Waals surface area contributed by atoms with Crippen LogP contribution < -0.4 is 9.47 Å². The molecule has 1 unspecified atom stereocenters. The van der Waals surface area contributed by atoms with Crippen LogP contribution in [0.5, 0.6) is 11.5 Å². The van der Waals surface area contributed by atoms with E-state index in [0.717, 1.165) is 18.4 Å². The third kappa shape index (κ3) is 4.81. The molecule has 0 saturated heterocycles. The molecule has 5 nitrogen and oxygen atoms in total. The lowest BCUT2D eigenvalue weighted by Gasteiger charge is -2.27. The molecule has 1 aromatic rings. The van der Waals surface area contributed by atoms with Crippen LogP contribution in [0.15, 0.2) is 25.0 Å². The highest BCUT2D eigenvalue weighted by molar-refractivity contribution is 14.1. The number of alkyl halides is 5. The van der Waals surface area contributed by atoms with Gasteiger partial charge in [0.25, 0.3) is 6.10 Å². The van der Waals surface area contributed by atoms with Crippen LogP contribution in [-0.4, -0.2) is 30.5 Å². The number of halogens is 7. The molecule has 24 heavy (non-hydrogen) atoms. The van der Waals surface area contributed by atoms with Gasteiger partial charge in [-0.25, -0.2) is 0 Å². The fraction of sp³-hybridized carbons (Fsp3) is 0.273. The third-order valence-corrected chi connectivity index (χ3v) is 4.88. The average Bonchev–Trinajstić information content (AvgIpc) is 2.37. The summed E-state index contributed by atoms with van der Waals surface area (Å²) in [6.45, 7) is 3.30. The molecule has 0 saturated carbocycles. The van der Waals surface area contributed by atoms with Crippen molar-refractivity contribution >= 4 is 55.3 Å². The second kappa shape index (κ2) is 7.45. The van der Waals surface area contributed by atoms with Gasteiger partial charge in [0.15, 0.2) is 5.75 Å². The largest absolute Gasteiger partial charge is 0.473 e. The Morgan fingerprint density at radius 3 is 1.96 bits per heavy atom. The van der Waals surface area contributed by atoms with Gasteiger partial charge < -0.3 is 9.47 Å². The lowest BCUT2D eigenvalue weighted by molar-refractivity contribution is -0.239. The molecule has 13 heteroatoms. The van der Waals surface area contributed by atoms with Crippen LogP contribution in [0.25, 0.3) is 0 Å². The summed E-state index contributed by atoms with van der Waals surface area (Å²) >= 11 is 3.29. The average molecular weight is 600 g/mol. The van der Waals surface area contributed by atoms with Crippen molar-refractivity contribution in [3.05, 3.63) is 32.1 Å². The van der Waals surface area contributed by atoms with Crippen LogP contribution in [0.3, 0.4) is 0 Å². The van der Waals surface area contributed by atoms with Crippen LogP contribution in [0.4, 0.5) is 22.0 Å². The third-order valence-electron chi connectivity index (χ3n) is 2.37. The van der Waals surface area contributed by atoms with E-state index in [1.165, 1.54) is 0 Å². The summed E-state index contributed by atoms with van der Waals surface area (Å²) in [5.74, 6) is -0.491. The standard InChI is InChI=1S/C11H7F5I2O5S/c1-2-22-8-6(17)3-5(4-7(8)18)23-9(10(12,13)14)11(15,16)24(19,20)21/h2-4,9H,1H2,(H,19,20,21). The van der Waals surface area contributed by atoms with E-state index in [1.807, 2.05) is 0 Å². The molecule has 0 radical (unpaired) electrons. The number of hydrogen-bond acceptors (Lipinski definition) is 4. The maximum absolute atomic E-state index is 13.5. The van der Waals surface area contributed by atoms with Gasteiger partial charge >= 0.3 is 21.5 Å². The number of benzene rings is 1. The maximum Gasteiger partial charge on any atom is 0.432 e. The van der Waals surface area contributed by atoms with Crippen molar-refractivity contribution in [2.75, 3.05) is 0 Å². The lowest BCUT2D eigenvalue weighted by Crippen LogP contribution is -2.53. The van der Waals surface area contributed by atoms with Crippen LogP contribution in [-0.2, 0) is 10.1 Å². The number of ether oxygens (including phenoxy) is 2. The molecule has 1 rings (SSSR count). The molecule has 0 amide bonds. The van der Waals surface area contributed by atoms with Gasteiger partial charge in [0.2, 0.25) is 0 Å². The zero-order chi connectivity index (χ0) is 18.9. The summed E-state index contributed by atoms with van der Waals surface area (Å²) in [5, 5.41) is -5.60. The van der Waals surface area contributed by atoms with Crippen molar-refractivity contribution in [3.8, 4) is 11.5 Å². The maximum atomic E-state index is 13.5. The number of hydrogen-bond donors (Lipinski definition) is 1. The van der Waals surface area contributed by atoms with Gasteiger partial charge in [-0.15, -0.1) is 0 Å². The fourth-order valence-electron chi connectivity index (χ4n) is 1.40. The first-order valence-corrected chi connectivity index (χ1v) is 9.16. The Bertz CT molecular complexity index is 712. The summed E-state index contributed by atoms with van der Waals surface area (Å²) in [6.07, 6.45) is -8.82. The SMILES string of the molecule is C=COc1c(I)cc(OC(C(F)(F)F)C(F)(F)S(=O)(=O)O)cc1I. The first-order valence-electron chi connectivity index (χ1n) is 5.56. The van der Waals surface area contributed by atoms with Crippen LogP contribution in [0.1, 0.15) is 0 Å². The van der Waals surface area contributed by atoms with E-state index in [2.05, 4.69) is 11.3 Å². The molecule has 1 atom stereocenters. The van der Waals surface area contributed by atoms with E-state index in [9.17, 15) is 30.4 Å². The van der Waals surface area contributed by atoms with Crippen molar-refractivity contribution in [3.63, 3.8) is 0 Å². The second-order valence-electron chi connectivity index (χ2n) is 4.08. The topological polar surface area (TPSA) is 72.8 Å². The van der Waals surface area contributed by atoms with Crippen molar-refractivity contribution < 1.29 is 44.4 Å². The smallest absolute Gasteiger partial charge is 0.432 e. The summed E-state index contributed by atoms with van der Waals surface area (Å²) < 4.78 is 104. The van der Waals surface area contributed by atoms with Crippen LogP contribution in [0, 0.1) is 7.14 Å². The monoisotopic (exact) mass is 600 g/mol. The molecule has 136 valence electrons. The van der Waals surface area contributed by atoms with Gasteiger partial charge in [-0.05, 0) is 57.3 Å². The fourth-order valence-corrected chi connectivity index (χ4v) is 3.82. The Kier molecular flexibility index (Phi) is 6.71. The molecular formula is C11H7F5I2O5S. The van der Waals surface area contributed by atoms with E-state index in [-0.39, 0.29) is 12.9 Å². The Morgan fingerprint density at radius 2 is 1.62 bits per heavy atom. The molecule has 0 bridgehead atoms. The van der Waals surface area contributed by atoms with E-state index in [4.69, 9.17) is 9.29 Å². The molecular weight excluding hydrogens is 593 g/mol. The van der Waals surface area contributed by atoms with Gasteiger partial charge in [0, 0.05) is 0 Å². The van der Waals surface area contributed by atoms with E-state index < -0.39 is 33.4 Å². The molecule has 0 aliphatic carbocycles. The Balaban J connectivity index is 3.35. The lowest BCUT2D eigenvalue weighted by atomic mass is 10.3. The summed E-state index contributed by atoms with van der Waals surface area (Å²) in [7, 11) is -6.36. The first-order chi connectivity index (χ1) is 10.7. The molecule has 0 aliphatic heterocycles. The van der Waals surface area contributed by atoms with Gasteiger partial charge in [-0.2, -0.15) is 30.4 Å². The first kappa shape index (κ1) is 21.6. The second-order valence-corrected chi connectivity index (χ2v) is 7.90. The van der Waals surface area contributed by atoms with Crippen molar-refractivity contribution in [1.29, 1.82) is 0 Å². The predicted octanol–water partition coefficient (Wildman–Crippen LogP) is 4.21. The van der Waals surface area contributed by atoms with E-state index in [0.29, 0.717) is 0 Å². The summed E-state index contributed by atoms with van der Waals surface area (Å²) in [4.78, 5) is 0. The van der Waals surface area contributed by atoms with Crippen LogP contribution >= 0.6 is 45.2 Å². The zero-order valence-electron chi connectivity index (χ0n) is 11.2. The molecule has 0 heterocycles. The molecule has 0 aromatic heterocycles. The van der Waals surface area contributed by atoms with Gasteiger partial charge in [0.1, 0.15) is 5.75 Å². The zero-order valence-corrected chi connectivity index (χ0v) is 16.3. The van der Waals surface area contributed by atoms with E-state index >= 15 is 0 Å². The molecule has 0 aliphatic rings. The quantitative estimate of drug-likeness (QED) is 0.230. The number of rotatable bonds is 6. The Hall–Kier alpha value is -0.420. The Morgan fingerprint density at radius 1 is 1.17 bits per heavy atom. The summed E-state index contributed by atoms with van der Waals surface area (Å²) in [5.41, 5.74) is 0. The molecule has 0 fully saturated rings. The highest BCUT2D eigenvalue weighted by Crippen LogP contribution is 2.40. The normalized spacial score (nSPS) is 14.2. The van der Waals surface area contributed by atoms with Gasteiger partial charge in [-0.3, -0.25) is 4.55 Å². The highest BCUT2D eigenvalue weighted by Gasteiger charge is 2.65. The minimum atomic E-state index is -6.36. The van der Waals surface area contributed by atoms with Crippen molar-refractivity contribution in [2.45, 2.75) is 17.5 Å². The van der Waals surface area contributed by atoms with Gasteiger partial charge in [-0.1, -0.05) is 6.58 Å². The molecule has 0 spiro atoms. The Labute approximate surface area is 160 Å². The molecule has 1 N–H and O–H groups in total. The van der Waals surface area contributed by atoms with Crippen molar-refractivity contribution in [2.24, 2.45) is 0 Å². The van der Waals surface area contributed by atoms with Crippen LogP contribution in [0.2, 0.25) is 0 Å². The minimum absolute atomic E-state index is 0.198. The van der Waals surface area contributed by atoms with Crippen molar-refractivity contribution in [1.82, 2.24) is 0 Å². The molecule has 1 aromatic carbocycles.